The highest BCUT2D eigenvalue weighted by Gasteiger charge is 2.11. The number of aromatic nitrogens is 1. The fourth-order valence-electron chi connectivity index (χ4n) is 2.11. The molecule has 0 radical (unpaired) electrons. The molecule has 2 N–H and O–H groups in total. The molecule has 0 spiro atoms. The van der Waals surface area contributed by atoms with Crippen LogP contribution in [0.15, 0.2) is 23.6 Å². The molecule has 20 heavy (non-hydrogen) atoms. The third-order valence-electron chi connectivity index (χ3n) is 3.42. The summed E-state index contributed by atoms with van der Waals surface area (Å²) in [5.41, 5.74) is 2.96. The lowest BCUT2D eigenvalue weighted by Crippen LogP contribution is -2.17. The molecule has 0 amide bonds. The summed E-state index contributed by atoms with van der Waals surface area (Å²) in [6.45, 7) is 4.77. The maximum Gasteiger partial charge on any atom is 0.122 e. The summed E-state index contributed by atoms with van der Waals surface area (Å²) in [4.78, 5) is 6.55. The van der Waals surface area contributed by atoms with Crippen molar-refractivity contribution < 1.29 is 5.11 Å². The van der Waals surface area contributed by atoms with E-state index in [1.54, 1.807) is 11.3 Å². The topological polar surface area (TPSA) is 48.4 Å². The van der Waals surface area contributed by atoms with Crippen molar-refractivity contribution in [3.63, 3.8) is 0 Å². The average Bonchev–Trinajstić information content (AvgIpc) is 2.83. The van der Waals surface area contributed by atoms with Gasteiger partial charge < -0.3 is 15.3 Å². The van der Waals surface area contributed by atoms with Crippen molar-refractivity contribution >= 4 is 17.0 Å². The van der Waals surface area contributed by atoms with Crippen molar-refractivity contribution in [3.05, 3.63) is 39.8 Å². The largest absolute Gasteiger partial charge is 0.508 e. The molecule has 1 unspecified atom stereocenters. The molecule has 1 aromatic carbocycles. The number of nitrogens with zero attached hydrogens (tertiary/aromatic N) is 2. The number of thiazole rings is 1. The Morgan fingerprint density at radius 2 is 2.20 bits per heavy atom. The predicted molar refractivity (Wildman–Crippen MR) is 84.5 cm³/mol. The Morgan fingerprint density at radius 1 is 1.45 bits per heavy atom. The van der Waals surface area contributed by atoms with Gasteiger partial charge in [-0.25, -0.2) is 4.98 Å². The molecular formula is C15H21N3OS. The fourth-order valence-corrected chi connectivity index (χ4v) is 2.71. The number of benzene rings is 1. The highest BCUT2D eigenvalue weighted by atomic mass is 32.1. The van der Waals surface area contributed by atoms with E-state index in [0.29, 0.717) is 5.75 Å². The summed E-state index contributed by atoms with van der Waals surface area (Å²) in [5, 5.41) is 16.4. The van der Waals surface area contributed by atoms with E-state index in [1.807, 2.05) is 46.1 Å². The van der Waals surface area contributed by atoms with Gasteiger partial charge in [0.2, 0.25) is 0 Å². The Hall–Kier alpha value is -1.59. The molecule has 2 aromatic rings. The standard InChI is InChI=1S/C15H21N3OS/c1-10(16-3)14-6-5-13(7-15(14)19)18(4)8-12-9-20-11(2)17-12/h5-7,9-10,16,19H,8H2,1-4H3. The number of rotatable bonds is 5. The highest BCUT2D eigenvalue weighted by molar-refractivity contribution is 7.09. The number of phenolic OH excluding ortho intramolecular Hbond substituents is 1. The Morgan fingerprint density at radius 3 is 2.75 bits per heavy atom. The molecule has 2 rings (SSSR count). The van der Waals surface area contributed by atoms with Crippen molar-refractivity contribution in [2.24, 2.45) is 0 Å². The van der Waals surface area contributed by atoms with Gasteiger partial charge in [0.1, 0.15) is 5.75 Å². The highest BCUT2D eigenvalue weighted by Crippen LogP contribution is 2.29. The molecule has 0 fully saturated rings. The monoisotopic (exact) mass is 291 g/mol. The second-order valence-corrected chi connectivity index (χ2v) is 6.03. The van der Waals surface area contributed by atoms with Crippen molar-refractivity contribution in [1.82, 2.24) is 10.3 Å². The van der Waals surface area contributed by atoms with Crippen LogP contribution in [0.4, 0.5) is 5.69 Å². The Balaban J connectivity index is 2.14. The van der Waals surface area contributed by atoms with Crippen LogP contribution in [-0.4, -0.2) is 24.2 Å². The van der Waals surface area contributed by atoms with Gasteiger partial charge in [-0.1, -0.05) is 6.07 Å². The van der Waals surface area contributed by atoms with Gasteiger partial charge in [0, 0.05) is 35.8 Å². The number of anilines is 1. The van der Waals surface area contributed by atoms with Crippen LogP contribution in [0.1, 0.15) is 29.2 Å². The first-order valence-electron chi connectivity index (χ1n) is 6.63. The molecule has 1 heterocycles. The first-order chi connectivity index (χ1) is 9.51. The van der Waals surface area contributed by atoms with Gasteiger partial charge in [0.25, 0.3) is 0 Å². The number of nitrogens with one attached hydrogen (secondary N) is 1. The maximum absolute atomic E-state index is 10.1. The maximum atomic E-state index is 10.1. The smallest absolute Gasteiger partial charge is 0.122 e. The third-order valence-corrected chi connectivity index (χ3v) is 4.24. The summed E-state index contributed by atoms with van der Waals surface area (Å²) in [6, 6.07) is 5.94. The summed E-state index contributed by atoms with van der Waals surface area (Å²) in [7, 11) is 3.89. The molecule has 108 valence electrons. The third kappa shape index (κ3) is 3.29. The number of phenols is 1. The lowest BCUT2D eigenvalue weighted by Gasteiger charge is -2.20. The van der Waals surface area contributed by atoms with E-state index in [4.69, 9.17) is 0 Å². The molecule has 0 saturated heterocycles. The lowest BCUT2D eigenvalue weighted by molar-refractivity contribution is 0.458. The van der Waals surface area contributed by atoms with E-state index in [1.165, 1.54) is 0 Å². The van der Waals surface area contributed by atoms with Crippen LogP contribution in [0.5, 0.6) is 5.75 Å². The summed E-state index contributed by atoms with van der Waals surface area (Å²) in [6.07, 6.45) is 0. The molecule has 4 nitrogen and oxygen atoms in total. The van der Waals surface area contributed by atoms with E-state index in [9.17, 15) is 5.11 Å². The van der Waals surface area contributed by atoms with E-state index < -0.39 is 0 Å². The van der Waals surface area contributed by atoms with Gasteiger partial charge in [0.05, 0.1) is 17.2 Å². The average molecular weight is 291 g/mol. The fraction of sp³-hybridized carbons (Fsp3) is 0.400. The quantitative estimate of drug-likeness (QED) is 0.889. The van der Waals surface area contributed by atoms with Crippen molar-refractivity contribution in [2.45, 2.75) is 26.4 Å². The summed E-state index contributed by atoms with van der Waals surface area (Å²) >= 11 is 1.66. The molecular weight excluding hydrogens is 270 g/mol. The van der Waals surface area contributed by atoms with Crippen molar-refractivity contribution in [1.29, 1.82) is 0 Å². The van der Waals surface area contributed by atoms with Crippen molar-refractivity contribution in [2.75, 3.05) is 19.0 Å². The van der Waals surface area contributed by atoms with E-state index in [2.05, 4.69) is 20.6 Å². The van der Waals surface area contributed by atoms with Crippen LogP contribution in [0.3, 0.4) is 0 Å². The van der Waals surface area contributed by atoms with Gasteiger partial charge in [-0.15, -0.1) is 11.3 Å². The van der Waals surface area contributed by atoms with Crippen LogP contribution in [0, 0.1) is 6.92 Å². The number of aryl methyl sites for hydroxylation is 1. The molecule has 0 aliphatic carbocycles. The second-order valence-electron chi connectivity index (χ2n) is 4.97. The van der Waals surface area contributed by atoms with Crippen LogP contribution >= 0.6 is 11.3 Å². The minimum atomic E-state index is 0.135. The second kappa shape index (κ2) is 6.24. The zero-order valence-electron chi connectivity index (χ0n) is 12.3. The van der Waals surface area contributed by atoms with Gasteiger partial charge in [0.15, 0.2) is 0 Å². The van der Waals surface area contributed by atoms with E-state index >= 15 is 0 Å². The van der Waals surface area contributed by atoms with Gasteiger partial charge >= 0.3 is 0 Å². The molecule has 0 aliphatic heterocycles. The molecule has 1 aromatic heterocycles. The summed E-state index contributed by atoms with van der Waals surface area (Å²) in [5.74, 6) is 0.325. The number of hydrogen-bond donors (Lipinski definition) is 2. The van der Waals surface area contributed by atoms with E-state index in [0.717, 1.165) is 28.5 Å². The molecule has 0 bridgehead atoms. The van der Waals surface area contributed by atoms with Crippen LogP contribution in [-0.2, 0) is 6.54 Å². The van der Waals surface area contributed by atoms with Crippen LogP contribution < -0.4 is 10.2 Å². The lowest BCUT2D eigenvalue weighted by atomic mass is 10.1. The first kappa shape index (κ1) is 14.8. The normalized spacial score (nSPS) is 12.4. The zero-order chi connectivity index (χ0) is 14.7. The Bertz CT molecular complexity index is 582. The summed E-state index contributed by atoms with van der Waals surface area (Å²) < 4.78 is 0. The predicted octanol–water partition coefficient (Wildman–Crippen LogP) is 3.07. The van der Waals surface area contributed by atoms with Gasteiger partial charge in [-0.3, -0.25) is 0 Å². The van der Waals surface area contributed by atoms with Crippen molar-refractivity contribution in [3.8, 4) is 5.75 Å². The molecule has 0 aliphatic rings. The minimum absolute atomic E-state index is 0.135. The molecule has 0 saturated carbocycles. The first-order valence-corrected chi connectivity index (χ1v) is 7.51. The molecule has 1 atom stereocenters. The SMILES string of the molecule is CNC(C)c1ccc(N(C)Cc2csc(C)n2)cc1O. The Labute approximate surface area is 124 Å². The van der Waals surface area contributed by atoms with Crippen LogP contribution in [0.2, 0.25) is 0 Å². The minimum Gasteiger partial charge on any atom is -0.508 e. The van der Waals surface area contributed by atoms with Gasteiger partial charge in [-0.2, -0.15) is 0 Å². The Kier molecular flexibility index (Phi) is 4.62. The van der Waals surface area contributed by atoms with Crippen LogP contribution in [0.25, 0.3) is 0 Å². The van der Waals surface area contributed by atoms with Gasteiger partial charge in [-0.05, 0) is 27.0 Å². The molecule has 5 heteroatoms. The van der Waals surface area contributed by atoms with E-state index in [-0.39, 0.29) is 6.04 Å². The number of hydrogen-bond acceptors (Lipinski definition) is 5. The zero-order valence-corrected chi connectivity index (χ0v) is 13.2. The number of aromatic hydroxyl groups is 1.